The molecule has 0 spiro atoms. The number of rotatable bonds is 6. The third-order valence-corrected chi connectivity index (χ3v) is 3.74. The van der Waals surface area contributed by atoms with E-state index < -0.39 is 16.1 Å². The van der Waals surface area contributed by atoms with Crippen molar-refractivity contribution in [1.82, 2.24) is 4.72 Å². The van der Waals surface area contributed by atoms with Crippen LogP contribution in [0.3, 0.4) is 0 Å². The van der Waals surface area contributed by atoms with Gasteiger partial charge in [0.05, 0.1) is 12.7 Å². The second-order valence-electron chi connectivity index (χ2n) is 2.18. The summed E-state index contributed by atoms with van der Waals surface area (Å²) in [6.07, 6.45) is -0.802. The Balaban J connectivity index is 3.68. The molecule has 0 saturated heterocycles. The molecule has 74 valence electrons. The average molecular weight is 262 g/mol. The quantitative estimate of drug-likeness (QED) is 0.618. The Morgan fingerprint density at radius 3 is 2.67 bits per heavy atom. The number of nitrogens with one attached hydrogen (secondary N) is 1. The van der Waals surface area contributed by atoms with Crippen LogP contribution in [0.25, 0.3) is 0 Å². The Morgan fingerprint density at radius 2 is 2.25 bits per heavy atom. The fraction of sp³-hybridized carbons (Fsp3) is 1.00. The molecule has 0 saturated carbocycles. The van der Waals surface area contributed by atoms with E-state index in [1.807, 2.05) is 0 Å². The van der Waals surface area contributed by atoms with Crippen LogP contribution in [0, 0.1) is 0 Å². The predicted molar refractivity (Wildman–Crippen MR) is 48.6 cm³/mol. The molecule has 2 N–H and O–H groups in total. The molecule has 7 heteroatoms. The zero-order chi connectivity index (χ0) is 9.61. The highest BCUT2D eigenvalue weighted by Gasteiger charge is 2.10. The molecule has 1 unspecified atom stereocenters. The van der Waals surface area contributed by atoms with Gasteiger partial charge in [0.2, 0.25) is 10.0 Å². The van der Waals surface area contributed by atoms with E-state index in [2.05, 4.69) is 25.4 Å². The van der Waals surface area contributed by atoms with Gasteiger partial charge in [-0.15, -0.1) is 0 Å². The van der Waals surface area contributed by atoms with Gasteiger partial charge in [-0.25, -0.2) is 13.1 Å². The topological polar surface area (TPSA) is 75.6 Å². The molecular weight excluding hydrogens is 250 g/mol. The second-order valence-corrected chi connectivity index (χ2v) is 5.29. The van der Waals surface area contributed by atoms with Gasteiger partial charge in [0, 0.05) is 13.7 Å². The number of aliphatic hydroxyl groups is 1. The van der Waals surface area contributed by atoms with E-state index in [9.17, 15) is 8.42 Å². The lowest BCUT2D eigenvalue weighted by Crippen LogP contribution is -2.34. The summed E-state index contributed by atoms with van der Waals surface area (Å²) in [4.78, 5) is 0. The first-order valence-electron chi connectivity index (χ1n) is 3.22. The minimum atomic E-state index is -3.28. The van der Waals surface area contributed by atoms with Crippen molar-refractivity contribution in [2.75, 3.05) is 24.9 Å². The summed E-state index contributed by atoms with van der Waals surface area (Å²) in [7, 11) is -1.85. The first kappa shape index (κ1) is 12.3. The van der Waals surface area contributed by atoms with E-state index in [4.69, 9.17) is 5.11 Å². The summed E-state index contributed by atoms with van der Waals surface area (Å²) >= 11 is 2.80. The SMILES string of the molecule is COCC(O)CNS(=O)(=O)CBr. The molecule has 0 rings (SSSR count). The Labute approximate surface area is 80.3 Å². The van der Waals surface area contributed by atoms with E-state index in [0.29, 0.717) is 0 Å². The molecule has 5 nitrogen and oxygen atoms in total. The Hall–Kier alpha value is 0.310. The van der Waals surface area contributed by atoms with Gasteiger partial charge < -0.3 is 9.84 Å². The van der Waals surface area contributed by atoms with E-state index in [1.54, 1.807) is 0 Å². The molecule has 1 atom stereocenters. The van der Waals surface area contributed by atoms with Crippen LogP contribution in [-0.2, 0) is 14.8 Å². The number of hydrogen-bond acceptors (Lipinski definition) is 4. The van der Waals surface area contributed by atoms with Crippen LogP contribution < -0.4 is 4.72 Å². The van der Waals surface area contributed by atoms with Crippen LogP contribution in [0.4, 0.5) is 0 Å². The van der Waals surface area contributed by atoms with Gasteiger partial charge in [0.25, 0.3) is 0 Å². The summed E-state index contributed by atoms with van der Waals surface area (Å²) in [6.45, 7) is 0.0899. The zero-order valence-electron chi connectivity index (χ0n) is 6.66. The zero-order valence-corrected chi connectivity index (χ0v) is 9.06. The van der Waals surface area contributed by atoms with E-state index in [0.717, 1.165) is 0 Å². The fourth-order valence-electron chi connectivity index (χ4n) is 0.513. The maximum Gasteiger partial charge on any atom is 0.221 e. The van der Waals surface area contributed by atoms with E-state index in [1.165, 1.54) is 7.11 Å². The maximum absolute atomic E-state index is 10.8. The average Bonchev–Trinajstić information content (AvgIpc) is 2.02. The van der Waals surface area contributed by atoms with Crippen LogP contribution in [0.1, 0.15) is 0 Å². The van der Waals surface area contributed by atoms with E-state index in [-0.39, 0.29) is 17.8 Å². The van der Waals surface area contributed by atoms with Crippen molar-refractivity contribution in [2.24, 2.45) is 0 Å². The first-order chi connectivity index (χ1) is 5.52. The normalized spacial score (nSPS) is 14.6. The summed E-state index contributed by atoms with van der Waals surface area (Å²) in [5.74, 6) is 0. The van der Waals surface area contributed by atoms with Crippen LogP contribution >= 0.6 is 15.9 Å². The van der Waals surface area contributed by atoms with Crippen LogP contribution in [0.2, 0.25) is 0 Å². The number of ether oxygens (including phenoxy) is 1. The summed E-state index contributed by atoms with van der Waals surface area (Å²) in [5.41, 5.74) is 0. The molecule has 0 aromatic carbocycles. The lowest BCUT2D eigenvalue weighted by Gasteiger charge is -2.09. The Morgan fingerprint density at radius 1 is 1.67 bits per heavy atom. The first-order valence-corrected chi connectivity index (χ1v) is 5.99. The summed E-state index contributed by atoms with van der Waals surface area (Å²) in [5, 5.41) is 9.04. The molecule has 0 bridgehead atoms. The Kier molecular flexibility index (Phi) is 6.02. The minimum absolute atomic E-state index is 0.0260. The second kappa shape index (κ2) is 5.87. The molecule has 12 heavy (non-hydrogen) atoms. The van der Waals surface area contributed by atoms with Gasteiger partial charge in [-0.3, -0.25) is 0 Å². The highest BCUT2D eigenvalue weighted by molar-refractivity contribution is 9.10. The highest BCUT2D eigenvalue weighted by atomic mass is 79.9. The number of sulfonamides is 1. The van der Waals surface area contributed by atoms with Gasteiger partial charge in [-0.1, -0.05) is 15.9 Å². The van der Waals surface area contributed by atoms with Gasteiger partial charge >= 0.3 is 0 Å². The predicted octanol–water partition coefficient (Wildman–Crippen LogP) is -0.734. The van der Waals surface area contributed by atoms with Gasteiger partial charge in [-0.2, -0.15) is 0 Å². The molecule has 0 aliphatic carbocycles. The maximum atomic E-state index is 10.8. The third kappa shape index (κ3) is 5.90. The van der Waals surface area contributed by atoms with Crippen molar-refractivity contribution in [3.05, 3.63) is 0 Å². The molecular formula is C5H12BrNO4S. The lowest BCUT2D eigenvalue weighted by atomic mass is 10.4. The van der Waals surface area contributed by atoms with E-state index >= 15 is 0 Å². The lowest BCUT2D eigenvalue weighted by molar-refractivity contribution is 0.0679. The van der Waals surface area contributed by atoms with Crippen molar-refractivity contribution >= 4 is 26.0 Å². The molecule has 0 aliphatic heterocycles. The Bertz CT molecular complexity index is 205. The van der Waals surface area contributed by atoms with Gasteiger partial charge in [-0.05, 0) is 0 Å². The standard InChI is InChI=1S/C5H12BrNO4S/c1-11-3-5(8)2-7-12(9,10)4-6/h5,7-8H,2-4H2,1H3. The number of aliphatic hydroxyl groups excluding tert-OH is 1. The van der Waals surface area contributed by atoms with Gasteiger partial charge in [0.15, 0.2) is 0 Å². The van der Waals surface area contributed by atoms with Crippen molar-refractivity contribution in [2.45, 2.75) is 6.10 Å². The minimum Gasteiger partial charge on any atom is -0.389 e. The summed E-state index contributed by atoms with van der Waals surface area (Å²) < 4.78 is 28.2. The monoisotopic (exact) mass is 261 g/mol. The molecule has 0 amide bonds. The van der Waals surface area contributed by atoms with Crippen molar-refractivity contribution in [3.63, 3.8) is 0 Å². The molecule has 0 aromatic heterocycles. The highest BCUT2D eigenvalue weighted by Crippen LogP contribution is 1.91. The largest absolute Gasteiger partial charge is 0.389 e. The third-order valence-electron chi connectivity index (χ3n) is 1.04. The number of alkyl halides is 1. The van der Waals surface area contributed by atoms with Crippen molar-refractivity contribution < 1.29 is 18.3 Å². The van der Waals surface area contributed by atoms with Crippen molar-refractivity contribution in [1.29, 1.82) is 0 Å². The smallest absolute Gasteiger partial charge is 0.221 e. The number of halogens is 1. The fourth-order valence-corrected chi connectivity index (χ4v) is 1.52. The van der Waals surface area contributed by atoms with Crippen molar-refractivity contribution in [3.8, 4) is 0 Å². The van der Waals surface area contributed by atoms with Crippen LogP contribution in [0.15, 0.2) is 0 Å². The molecule has 0 radical (unpaired) electrons. The van der Waals surface area contributed by atoms with Crippen LogP contribution in [-0.4, -0.2) is 44.6 Å². The van der Waals surface area contributed by atoms with Gasteiger partial charge in [0.1, 0.15) is 4.66 Å². The van der Waals surface area contributed by atoms with Crippen LogP contribution in [0.5, 0.6) is 0 Å². The molecule has 0 aliphatic rings. The molecule has 0 heterocycles. The number of hydrogen-bond donors (Lipinski definition) is 2. The summed E-state index contributed by atoms with van der Waals surface area (Å²) in [6, 6.07) is 0. The molecule has 0 fully saturated rings. The molecule has 0 aromatic rings. The number of methoxy groups -OCH3 is 1.